The molecular weight excluding hydrogens is 138 g/mol. The highest BCUT2D eigenvalue weighted by atomic mass is 35.5. The molecular formula is C5H8ClN3. The second-order valence-corrected chi connectivity index (χ2v) is 1.74. The lowest BCUT2D eigenvalue weighted by Crippen LogP contribution is -2.06. The molecule has 0 amide bonds. The standard InChI is InChI=1S/C5H8ClN3/c1-9-5(8)3-2-4(6)7/h2-3,7H,1H3,(H2,8,9)/b3-2-,7-4?. The van der Waals surface area contributed by atoms with E-state index in [4.69, 9.17) is 22.7 Å². The maximum Gasteiger partial charge on any atom is 0.120 e. The van der Waals surface area contributed by atoms with Crippen LogP contribution in [-0.4, -0.2) is 18.1 Å². The molecule has 0 aliphatic carbocycles. The number of halogens is 1. The lowest BCUT2D eigenvalue weighted by molar-refractivity contribution is 1.41. The summed E-state index contributed by atoms with van der Waals surface area (Å²) in [5.41, 5.74) is 5.23. The van der Waals surface area contributed by atoms with Crippen LogP contribution in [0.15, 0.2) is 17.1 Å². The van der Waals surface area contributed by atoms with E-state index in [1.807, 2.05) is 0 Å². The fraction of sp³-hybridized carbons (Fsp3) is 0.200. The number of hydrogen-bond acceptors (Lipinski definition) is 2. The van der Waals surface area contributed by atoms with Crippen LogP contribution >= 0.6 is 11.6 Å². The van der Waals surface area contributed by atoms with Crippen LogP contribution in [0.4, 0.5) is 0 Å². The van der Waals surface area contributed by atoms with Gasteiger partial charge in [0.15, 0.2) is 0 Å². The van der Waals surface area contributed by atoms with Crippen LogP contribution in [0.5, 0.6) is 0 Å². The third kappa shape index (κ3) is 5.03. The Morgan fingerprint density at radius 3 is 2.56 bits per heavy atom. The average Bonchev–Trinajstić information content (AvgIpc) is 1.83. The van der Waals surface area contributed by atoms with Gasteiger partial charge in [0.25, 0.3) is 0 Å². The molecule has 0 saturated heterocycles. The third-order valence-electron chi connectivity index (χ3n) is 0.659. The third-order valence-corrected chi connectivity index (χ3v) is 0.785. The summed E-state index contributed by atoms with van der Waals surface area (Å²) in [5, 5.41) is 6.68. The minimum atomic E-state index is -0.0541. The number of nitrogens with zero attached hydrogens (tertiary/aromatic N) is 1. The molecule has 3 nitrogen and oxygen atoms in total. The summed E-state index contributed by atoms with van der Waals surface area (Å²) in [6.45, 7) is 0. The number of rotatable bonds is 2. The minimum Gasteiger partial charge on any atom is -0.384 e. The minimum absolute atomic E-state index is 0.0541. The van der Waals surface area contributed by atoms with E-state index in [0.717, 1.165) is 0 Å². The summed E-state index contributed by atoms with van der Waals surface area (Å²) >= 11 is 5.16. The smallest absolute Gasteiger partial charge is 0.120 e. The van der Waals surface area contributed by atoms with Crippen molar-refractivity contribution < 1.29 is 0 Å². The number of aliphatic imine (C=N–C) groups is 1. The predicted molar refractivity (Wildman–Crippen MR) is 40.3 cm³/mol. The van der Waals surface area contributed by atoms with Crippen molar-refractivity contribution in [2.24, 2.45) is 10.7 Å². The van der Waals surface area contributed by atoms with Crippen molar-refractivity contribution in [3.8, 4) is 0 Å². The maximum absolute atomic E-state index is 6.73. The average molecular weight is 146 g/mol. The van der Waals surface area contributed by atoms with Crippen molar-refractivity contribution in [1.29, 1.82) is 5.41 Å². The van der Waals surface area contributed by atoms with Crippen LogP contribution in [0.3, 0.4) is 0 Å². The molecule has 0 radical (unpaired) electrons. The van der Waals surface area contributed by atoms with Gasteiger partial charge in [0.2, 0.25) is 0 Å². The molecule has 0 aliphatic rings. The highest BCUT2D eigenvalue weighted by Crippen LogP contribution is 1.82. The largest absolute Gasteiger partial charge is 0.384 e. The zero-order valence-electron chi connectivity index (χ0n) is 5.06. The second kappa shape index (κ2) is 4.09. The molecule has 0 rings (SSSR count). The van der Waals surface area contributed by atoms with Gasteiger partial charge in [-0.3, -0.25) is 10.4 Å². The first-order chi connectivity index (χ1) is 4.16. The van der Waals surface area contributed by atoms with E-state index in [1.165, 1.54) is 12.2 Å². The fourth-order valence-electron chi connectivity index (χ4n) is 0.233. The molecule has 9 heavy (non-hydrogen) atoms. The van der Waals surface area contributed by atoms with Gasteiger partial charge in [-0.25, -0.2) is 0 Å². The maximum atomic E-state index is 6.73. The monoisotopic (exact) mass is 145 g/mol. The van der Waals surface area contributed by atoms with Crippen molar-refractivity contribution in [2.75, 3.05) is 7.05 Å². The summed E-state index contributed by atoms with van der Waals surface area (Å²) in [7, 11) is 1.57. The van der Waals surface area contributed by atoms with E-state index in [2.05, 4.69) is 4.99 Å². The van der Waals surface area contributed by atoms with Gasteiger partial charge in [0.1, 0.15) is 11.0 Å². The summed E-state index contributed by atoms with van der Waals surface area (Å²) in [5.74, 6) is 0.361. The van der Waals surface area contributed by atoms with Gasteiger partial charge in [-0.05, 0) is 12.2 Å². The summed E-state index contributed by atoms with van der Waals surface area (Å²) < 4.78 is 0. The molecule has 0 bridgehead atoms. The Morgan fingerprint density at radius 2 is 2.22 bits per heavy atom. The van der Waals surface area contributed by atoms with E-state index in [9.17, 15) is 0 Å². The molecule has 3 N–H and O–H groups in total. The van der Waals surface area contributed by atoms with Crippen LogP contribution in [0.2, 0.25) is 0 Å². The van der Waals surface area contributed by atoms with Gasteiger partial charge in [-0.15, -0.1) is 0 Å². The quantitative estimate of drug-likeness (QED) is 0.437. The molecule has 0 aliphatic heterocycles. The van der Waals surface area contributed by atoms with Crippen LogP contribution in [0.1, 0.15) is 0 Å². The van der Waals surface area contributed by atoms with Gasteiger partial charge < -0.3 is 5.73 Å². The summed E-state index contributed by atoms with van der Waals surface area (Å²) in [6, 6.07) is 0. The summed E-state index contributed by atoms with van der Waals surface area (Å²) in [6.07, 6.45) is 2.83. The highest BCUT2D eigenvalue weighted by Gasteiger charge is 1.80. The molecule has 0 aromatic heterocycles. The Morgan fingerprint density at radius 1 is 1.67 bits per heavy atom. The van der Waals surface area contributed by atoms with Gasteiger partial charge in [-0.1, -0.05) is 11.6 Å². The number of nitrogens with one attached hydrogen (secondary N) is 1. The molecule has 0 unspecified atom stereocenters. The molecule has 4 heteroatoms. The predicted octanol–water partition coefficient (Wildman–Crippen LogP) is 0.746. The first-order valence-corrected chi connectivity index (χ1v) is 2.69. The van der Waals surface area contributed by atoms with Crippen LogP contribution in [0, 0.1) is 5.41 Å². The lowest BCUT2D eigenvalue weighted by atomic mass is 10.5. The van der Waals surface area contributed by atoms with E-state index >= 15 is 0 Å². The molecule has 0 aromatic rings. The molecule has 0 fully saturated rings. The summed E-state index contributed by atoms with van der Waals surface area (Å²) in [4.78, 5) is 3.61. The highest BCUT2D eigenvalue weighted by molar-refractivity contribution is 6.67. The second-order valence-electron chi connectivity index (χ2n) is 1.33. The van der Waals surface area contributed by atoms with Crippen molar-refractivity contribution in [3.05, 3.63) is 12.2 Å². The molecule has 50 valence electrons. The topological polar surface area (TPSA) is 62.2 Å². The number of hydrogen-bond donors (Lipinski definition) is 2. The van der Waals surface area contributed by atoms with Crippen molar-refractivity contribution >= 4 is 22.6 Å². The molecule has 0 saturated carbocycles. The van der Waals surface area contributed by atoms with E-state index in [0.29, 0.717) is 5.84 Å². The van der Waals surface area contributed by atoms with Crippen molar-refractivity contribution in [1.82, 2.24) is 0 Å². The Balaban J connectivity index is 3.86. The Labute approximate surface area is 58.7 Å². The van der Waals surface area contributed by atoms with Crippen LogP contribution in [0.25, 0.3) is 0 Å². The molecule has 0 spiro atoms. The zero-order valence-corrected chi connectivity index (χ0v) is 5.81. The van der Waals surface area contributed by atoms with Gasteiger partial charge in [-0.2, -0.15) is 0 Å². The number of allylic oxidation sites excluding steroid dienone is 1. The van der Waals surface area contributed by atoms with Crippen molar-refractivity contribution in [2.45, 2.75) is 0 Å². The zero-order chi connectivity index (χ0) is 7.28. The Kier molecular flexibility index (Phi) is 3.71. The van der Waals surface area contributed by atoms with Gasteiger partial charge in [0, 0.05) is 7.05 Å². The lowest BCUT2D eigenvalue weighted by Gasteiger charge is -1.84. The first kappa shape index (κ1) is 8.17. The normalized spacial score (nSPS) is 12.4. The molecule has 0 heterocycles. The van der Waals surface area contributed by atoms with Crippen LogP contribution in [-0.2, 0) is 0 Å². The number of amidine groups is 1. The van der Waals surface area contributed by atoms with E-state index in [-0.39, 0.29) is 5.17 Å². The van der Waals surface area contributed by atoms with Crippen molar-refractivity contribution in [3.63, 3.8) is 0 Å². The first-order valence-electron chi connectivity index (χ1n) is 2.31. The van der Waals surface area contributed by atoms with E-state index < -0.39 is 0 Å². The van der Waals surface area contributed by atoms with E-state index in [1.54, 1.807) is 7.05 Å². The van der Waals surface area contributed by atoms with Gasteiger partial charge in [0.05, 0.1) is 0 Å². The Bertz CT molecular complexity index is 160. The Hall–Kier alpha value is -0.830. The molecule has 0 aromatic carbocycles. The van der Waals surface area contributed by atoms with Crippen LogP contribution < -0.4 is 5.73 Å². The van der Waals surface area contributed by atoms with Gasteiger partial charge >= 0.3 is 0 Å². The fourth-order valence-corrected chi connectivity index (χ4v) is 0.296. The SMILES string of the molecule is CN=C(N)/C=C\C(=N)Cl. The number of nitrogens with two attached hydrogens (primary N) is 1. The molecule has 0 atom stereocenters.